The van der Waals surface area contributed by atoms with E-state index < -0.39 is 26.7 Å². The molecule has 0 aromatic heterocycles. The van der Waals surface area contributed by atoms with E-state index in [4.69, 9.17) is 5.14 Å². The second-order valence-electron chi connectivity index (χ2n) is 7.98. The van der Waals surface area contributed by atoms with Crippen LogP contribution >= 0.6 is 0 Å². The fourth-order valence-electron chi connectivity index (χ4n) is 4.47. The smallest absolute Gasteiger partial charge is 0.372 e. The molecule has 9 heteroatoms. The minimum Gasteiger partial charge on any atom is -0.372 e. The first-order valence-corrected chi connectivity index (χ1v) is 11.5. The van der Waals surface area contributed by atoms with Gasteiger partial charge in [-0.25, -0.2) is 13.6 Å². The summed E-state index contributed by atoms with van der Waals surface area (Å²) in [4.78, 5) is 3.40. The van der Waals surface area contributed by atoms with Crippen LogP contribution in [0, 0.1) is 5.92 Å². The van der Waals surface area contributed by atoms with Gasteiger partial charge in [0, 0.05) is 37.6 Å². The monoisotopic (exact) mass is 439 g/mol. The molecule has 1 saturated heterocycles. The molecule has 4 rings (SSSR count). The average molecular weight is 440 g/mol. The first kappa shape index (κ1) is 21.0. The Kier molecular flexibility index (Phi) is 5.44. The van der Waals surface area contributed by atoms with E-state index in [1.165, 1.54) is 17.3 Å². The lowest BCUT2D eigenvalue weighted by atomic mass is 9.95. The Labute approximate surface area is 174 Å². The van der Waals surface area contributed by atoms with E-state index >= 15 is 0 Å². The molecule has 2 aromatic carbocycles. The van der Waals surface area contributed by atoms with Crippen LogP contribution in [0.5, 0.6) is 0 Å². The highest BCUT2D eigenvalue weighted by molar-refractivity contribution is 7.89. The van der Waals surface area contributed by atoms with Crippen molar-refractivity contribution in [2.24, 2.45) is 11.1 Å². The number of primary sulfonamides is 1. The molecule has 30 heavy (non-hydrogen) atoms. The van der Waals surface area contributed by atoms with Crippen molar-refractivity contribution in [3.05, 3.63) is 53.6 Å². The predicted octanol–water partition coefficient (Wildman–Crippen LogP) is 3.63. The second-order valence-corrected chi connectivity index (χ2v) is 9.51. The third kappa shape index (κ3) is 4.27. The van der Waals surface area contributed by atoms with Crippen molar-refractivity contribution in [2.45, 2.75) is 30.3 Å². The van der Waals surface area contributed by atoms with E-state index in [2.05, 4.69) is 23.1 Å². The first-order valence-electron chi connectivity index (χ1n) is 9.95. The van der Waals surface area contributed by atoms with Crippen LogP contribution in [0.3, 0.4) is 0 Å². The number of nitrogens with zero attached hydrogens (tertiary/aromatic N) is 2. The van der Waals surface area contributed by atoms with Crippen LogP contribution in [0.25, 0.3) is 0 Å². The van der Waals surface area contributed by atoms with E-state index in [0.29, 0.717) is 24.7 Å². The standard InChI is InChI=1S/C21H24F3N3O2S/c22-21(23,24)18-13-17(5-6-20(18)30(25,28)29)26-10-7-15(8-11-26)14-27-12-9-16-3-1-2-4-19(16)27/h1-6,13,15H,7-12,14H2,(H2,25,28,29). The zero-order valence-electron chi connectivity index (χ0n) is 16.4. The maximum Gasteiger partial charge on any atom is 0.417 e. The van der Waals surface area contributed by atoms with E-state index in [1.807, 2.05) is 11.0 Å². The Morgan fingerprint density at radius 2 is 1.73 bits per heavy atom. The Morgan fingerprint density at radius 1 is 1.03 bits per heavy atom. The molecule has 162 valence electrons. The number of sulfonamides is 1. The van der Waals surface area contributed by atoms with Crippen LogP contribution in [0.4, 0.5) is 24.5 Å². The van der Waals surface area contributed by atoms with Gasteiger partial charge in [0.15, 0.2) is 0 Å². The Morgan fingerprint density at radius 3 is 2.40 bits per heavy atom. The van der Waals surface area contributed by atoms with Crippen LogP contribution in [0.1, 0.15) is 24.0 Å². The number of halogens is 3. The molecule has 0 bridgehead atoms. The van der Waals surface area contributed by atoms with Gasteiger partial charge in [0.2, 0.25) is 10.0 Å². The molecule has 2 aliphatic rings. The molecule has 0 unspecified atom stereocenters. The summed E-state index contributed by atoms with van der Waals surface area (Å²) < 4.78 is 63.3. The molecular formula is C21H24F3N3O2S. The summed E-state index contributed by atoms with van der Waals surface area (Å²) in [5.41, 5.74) is 1.82. The zero-order chi connectivity index (χ0) is 21.5. The maximum atomic E-state index is 13.4. The van der Waals surface area contributed by atoms with Crippen molar-refractivity contribution in [3.8, 4) is 0 Å². The van der Waals surface area contributed by atoms with Gasteiger partial charge in [-0.05, 0) is 55.0 Å². The Balaban J connectivity index is 1.44. The molecule has 5 nitrogen and oxygen atoms in total. The van der Waals surface area contributed by atoms with E-state index in [9.17, 15) is 21.6 Å². The van der Waals surface area contributed by atoms with Gasteiger partial charge in [0.05, 0.1) is 10.5 Å². The molecule has 0 radical (unpaired) electrons. The molecule has 0 amide bonds. The molecule has 0 saturated carbocycles. The van der Waals surface area contributed by atoms with Crippen molar-refractivity contribution in [1.29, 1.82) is 0 Å². The lowest BCUT2D eigenvalue weighted by molar-refractivity contribution is -0.139. The number of hydrogen-bond donors (Lipinski definition) is 1. The highest BCUT2D eigenvalue weighted by Crippen LogP contribution is 2.37. The Hall–Kier alpha value is -2.26. The van der Waals surface area contributed by atoms with Gasteiger partial charge in [0.1, 0.15) is 0 Å². The summed E-state index contributed by atoms with van der Waals surface area (Å²) in [6, 6.07) is 11.7. The molecule has 0 aliphatic carbocycles. The minimum atomic E-state index is -4.79. The zero-order valence-corrected chi connectivity index (χ0v) is 17.2. The largest absolute Gasteiger partial charge is 0.417 e. The molecule has 0 spiro atoms. The summed E-state index contributed by atoms with van der Waals surface area (Å²) in [5, 5.41) is 4.97. The van der Waals surface area contributed by atoms with Crippen LogP contribution < -0.4 is 14.9 Å². The maximum absolute atomic E-state index is 13.4. The van der Waals surface area contributed by atoms with E-state index in [1.54, 1.807) is 0 Å². The summed E-state index contributed by atoms with van der Waals surface area (Å²) in [6.07, 6.45) is -2.00. The fraction of sp³-hybridized carbons (Fsp3) is 0.429. The molecule has 2 N–H and O–H groups in total. The van der Waals surface area contributed by atoms with Crippen LogP contribution in [-0.4, -0.2) is 34.6 Å². The minimum absolute atomic E-state index is 0.375. The number of para-hydroxylation sites is 1. The van der Waals surface area contributed by atoms with Crippen molar-refractivity contribution in [2.75, 3.05) is 36.0 Å². The first-order chi connectivity index (χ1) is 14.1. The molecule has 2 aliphatic heterocycles. The number of piperidine rings is 1. The second kappa shape index (κ2) is 7.77. The number of hydrogen-bond acceptors (Lipinski definition) is 4. The lowest BCUT2D eigenvalue weighted by Crippen LogP contribution is -2.38. The SMILES string of the molecule is NS(=O)(=O)c1ccc(N2CCC(CN3CCc4ccccc43)CC2)cc1C(F)(F)F. The number of nitrogens with two attached hydrogens (primary N) is 1. The fourth-order valence-corrected chi connectivity index (χ4v) is 5.20. The van der Waals surface area contributed by atoms with E-state index in [0.717, 1.165) is 44.5 Å². The van der Waals surface area contributed by atoms with Gasteiger partial charge in [0.25, 0.3) is 0 Å². The number of anilines is 2. The van der Waals surface area contributed by atoms with Crippen molar-refractivity contribution >= 4 is 21.4 Å². The number of fused-ring (bicyclic) bond motifs is 1. The quantitative estimate of drug-likeness (QED) is 0.790. The summed E-state index contributed by atoms with van der Waals surface area (Å²) in [6.45, 7) is 3.21. The van der Waals surface area contributed by atoms with Gasteiger partial charge < -0.3 is 9.80 Å². The highest BCUT2D eigenvalue weighted by Gasteiger charge is 2.37. The third-order valence-corrected chi connectivity index (χ3v) is 6.99. The number of rotatable bonds is 4. The molecule has 2 aromatic rings. The van der Waals surface area contributed by atoms with Crippen LogP contribution in [0.2, 0.25) is 0 Å². The molecule has 0 atom stereocenters. The topological polar surface area (TPSA) is 66.6 Å². The highest BCUT2D eigenvalue weighted by atomic mass is 32.2. The Bertz CT molecular complexity index is 1030. The number of alkyl halides is 3. The van der Waals surface area contributed by atoms with Crippen LogP contribution in [0.15, 0.2) is 47.4 Å². The van der Waals surface area contributed by atoms with Gasteiger partial charge in [-0.2, -0.15) is 13.2 Å². The average Bonchev–Trinajstić information content (AvgIpc) is 3.10. The molecule has 1 fully saturated rings. The predicted molar refractivity (Wildman–Crippen MR) is 110 cm³/mol. The van der Waals surface area contributed by atoms with Crippen molar-refractivity contribution in [3.63, 3.8) is 0 Å². The normalized spacial score (nSPS) is 18.0. The van der Waals surface area contributed by atoms with Gasteiger partial charge in [-0.15, -0.1) is 0 Å². The van der Waals surface area contributed by atoms with Crippen molar-refractivity contribution in [1.82, 2.24) is 0 Å². The van der Waals surface area contributed by atoms with Crippen LogP contribution in [-0.2, 0) is 22.6 Å². The summed E-state index contributed by atoms with van der Waals surface area (Å²) in [5.74, 6) is 0.471. The summed E-state index contributed by atoms with van der Waals surface area (Å²) in [7, 11) is -4.45. The summed E-state index contributed by atoms with van der Waals surface area (Å²) >= 11 is 0. The van der Waals surface area contributed by atoms with E-state index in [-0.39, 0.29) is 0 Å². The molecular weight excluding hydrogens is 415 g/mol. The lowest BCUT2D eigenvalue weighted by Gasteiger charge is -2.36. The van der Waals surface area contributed by atoms with Gasteiger partial charge in [-0.3, -0.25) is 0 Å². The van der Waals surface area contributed by atoms with Gasteiger partial charge in [-0.1, -0.05) is 18.2 Å². The van der Waals surface area contributed by atoms with Crippen molar-refractivity contribution < 1.29 is 21.6 Å². The third-order valence-electron chi connectivity index (χ3n) is 6.02. The number of benzene rings is 2. The van der Waals surface area contributed by atoms with Gasteiger partial charge >= 0.3 is 6.18 Å². The molecule has 2 heterocycles.